The zero-order valence-electron chi connectivity index (χ0n) is 13.1. The van der Waals surface area contributed by atoms with Crippen LogP contribution in [0.3, 0.4) is 0 Å². The molecule has 0 aliphatic rings. The number of aromatic nitrogens is 1. The lowest BCUT2D eigenvalue weighted by Gasteiger charge is -2.12. The Morgan fingerprint density at radius 1 is 1.43 bits per heavy atom. The molecule has 0 aromatic carbocycles. The highest BCUT2D eigenvalue weighted by Crippen LogP contribution is 2.23. The van der Waals surface area contributed by atoms with Crippen LogP contribution in [-0.4, -0.2) is 23.0 Å². The summed E-state index contributed by atoms with van der Waals surface area (Å²) in [5.74, 6) is -0.593. The molecule has 23 heavy (non-hydrogen) atoms. The fourth-order valence-electron chi connectivity index (χ4n) is 1.92. The minimum absolute atomic E-state index is 0.350. The van der Waals surface area contributed by atoms with E-state index in [1.54, 1.807) is 12.1 Å². The molecule has 122 valence electrons. The van der Waals surface area contributed by atoms with Crippen LogP contribution in [0.5, 0.6) is 0 Å². The molecule has 1 atom stereocenters. The normalized spacial score (nSPS) is 11.8. The van der Waals surface area contributed by atoms with Crippen LogP contribution in [0.2, 0.25) is 5.02 Å². The summed E-state index contributed by atoms with van der Waals surface area (Å²) in [5, 5.41) is 3.05. The second-order valence-corrected chi connectivity index (χ2v) is 6.64. The van der Waals surface area contributed by atoms with Crippen molar-refractivity contribution in [3.05, 3.63) is 44.7 Å². The predicted octanol–water partition coefficient (Wildman–Crippen LogP) is 3.85. The van der Waals surface area contributed by atoms with Gasteiger partial charge in [0.25, 0.3) is 5.91 Å². The van der Waals surface area contributed by atoms with Gasteiger partial charge in [0.05, 0.1) is 5.02 Å². The first kappa shape index (κ1) is 17.4. The molecular formula is C16H17ClN2O3S. The first-order valence-corrected chi connectivity index (χ1v) is 8.32. The van der Waals surface area contributed by atoms with E-state index in [0.717, 1.165) is 16.9 Å². The van der Waals surface area contributed by atoms with E-state index in [4.69, 9.17) is 16.3 Å². The van der Waals surface area contributed by atoms with Crippen LogP contribution in [0, 0.1) is 6.92 Å². The molecule has 2 rings (SSSR count). The zero-order chi connectivity index (χ0) is 17.0. The SMILES string of the molecule is CCc1cc(C(=O)O[C@H](C)C(=O)Nc2ccc(Cl)cn2)sc1C. The van der Waals surface area contributed by atoms with Crippen LogP contribution in [0.25, 0.3) is 0 Å². The number of esters is 1. The number of pyridine rings is 1. The third-order valence-electron chi connectivity index (χ3n) is 3.23. The summed E-state index contributed by atoms with van der Waals surface area (Å²) in [6, 6.07) is 5.00. The average molecular weight is 353 g/mol. The maximum atomic E-state index is 12.1. The van der Waals surface area contributed by atoms with Crippen LogP contribution < -0.4 is 5.32 Å². The van der Waals surface area contributed by atoms with E-state index in [2.05, 4.69) is 10.3 Å². The van der Waals surface area contributed by atoms with E-state index in [9.17, 15) is 9.59 Å². The molecule has 2 aromatic rings. The second-order valence-electron chi connectivity index (χ2n) is 4.94. The van der Waals surface area contributed by atoms with Crippen LogP contribution in [0.4, 0.5) is 5.82 Å². The number of halogens is 1. The van der Waals surface area contributed by atoms with Crippen molar-refractivity contribution in [3.8, 4) is 0 Å². The molecule has 5 nitrogen and oxygen atoms in total. The number of hydrogen-bond donors (Lipinski definition) is 1. The van der Waals surface area contributed by atoms with Gasteiger partial charge in [0.1, 0.15) is 10.7 Å². The van der Waals surface area contributed by atoms with Gasteiger partial charge >= 0.3 is 5.97 Å². The Kier molecular flexibility index (Phi) is 5.74. The van der Waals surface area contributed by atoms with Crippen molar-refractivity contribution in [2.75, 3.05) is 5.32 Å². The first-order valence-electron chi connectivity index (χ1n) is 7.13. The lowest BCUT2D eigenvalue weighted by atomic mass is 10.2. The third kappa shape index (κ3) is 4.53. The van der Waals surface area contributed by atoms with Crippen LogP contribution in [0.1, 0.15) is 34.0 Å². The number of nitrogens with zero attached hydrogens (tertiary/aromatic N) is 1. The Balaban J connectivity index is 1.96. The fraction of sp³-hybridized carbons (Fsp3) is 0.312. The number of carbonyl (C=O) groups excluding carboxylic acids is 2. The monoisotopic (exact) mass is 352 g/mol. The lowest BCUT2D eigenvalue weighted by molar-refractivity contribution is -0.123. The molecule has 0 aliphatic heterocycles. The van der Waals surface area contributed by atoms with Crippen molar-refractivity contribution in [3.63, 3.8) is 0 Å². The summed E-state index contributed by atoms with van der Waals surface area (Å²) < 4.78 is 5.21. The molecule has 7 heteroatoms. The van der Waals surface area contributed by atoms with Gasteiger partial charge in [0.15, 0.2) is 6.10 Å². The molecule has 2 aromatic heterocycles. The zero-order valence-corrected chi connectivity index (χ0v) is 14.6. The molecule has 0 unspecified atom stereocenters. The minimum Gasteiger partial charge on any atom is -0.448 e. The number of nitrogens with one attached hydrogen (secondary N) is 1. The molecule has 0 aliphatic carbocycles. The Labute approximate surface area is 143 Å². The number of ether oxygens (including phenoxy) is 1. The molecule has 0 radical (unpaired) electrons. The number of thiophene rings is 1. The maximum Gasteiger partial charge on any atom is 0.349 e. The van der Waals surface area contributed by atoms with Crippen molar-refractivity contribution in [1.82, 2.24) is 4.98 Å². The van der Waals surface area contributed by atoms with Gasteiger partial charge in [0, 0.05) is 11.1 Å². The van der Waals surface area contributed by atoms with E-state index >= 15 is 0 Å². The molecule has 2 heterocycles. The summed E-state index contributed by atoms with van der Waals surface area (Å²) in [6.07, 6.45) is 1.36. The van der Waals surface area contributed by atoms with E-state index < -0.39 is 18.0 Å². The highest BCUT2D eigenvalue weighted by Gasteiger charge is 2.21. The van der Waals surface area contributed by atoms with E-state index in [-0.39, 0.29) is 0 Å². The smallest absolute Gasteiger partial charge is 0.349 e. The number of anilines is 1. The first-order chi connectivity index (χ1) is 10.9. The molecule has 1 N–H and O–H groups in total. The Morgan fingerprint density at radius 2 is 2.17 bits per heavy atom. The van der Waals surface area contributed by atoms with Crippen molar-refractivity contribution in [2.45, 2.75) is 33.3 Å². The van der Waals surface area contributed by atoms with Crippen LogP contribution >= 0.6 is 22.9 Å². The topological polar surface area (TPSA) is 68.3 Å². The van der Waals surface area contributed by atoms with Crippen molar-refractivity contribution >= 4 is 40.6 Å². The van der Waals surface area contributed by atoms with Crippen LogP contribution in [0.15, 0.2) is 24.4 Å². The quantitative estimate of drug-likeness (QED) is 0.830. The summed E-state index contributed by atoms with van der Waals surface area (Å²) in [7, 11) is 0. The number of hydrogen-bond acceptors (Lipinski definition) is 5. The molecule has 0 fully saturated rings. The highest BCUT2D eigenvalue weighted by atomic mass is 35.5. The Hall–Kier alpha value is -1.92. The molecule has 0 spiro atoms. The largest absolute Gasteiger partial charge is 0.448 e. The molecule has 1 amide bonds. The number of carbonyl (C=O) groups is 2. The number of amides is 1. The van der Waals surface area contributed by atoms with Gasteiger partial charge < -0.3 is 10.1 Å². The molecule has 0 saturated carbocycles. The third-order valence-corrected chi connectivity index (χ3v) is 4.53. The summed E-state index contributed by atoms with van der Waals surface area (Å²) in [5.41, 5.74) is 1.12. The minimum atomic E-state index is -0.924. The van der Waals surface area contributed by atoms with Crippen molar-refractivity contribution < 1.29 is 14.3 Å². The molecule has 0 bridgehead atoms. The summed E-state index contributed by atoms with van der Waals surface area (Å²) in [4.78, 5) is 29.7. The van der Waals surface area contributed by atoms with Gasteiger partial charge in [-0.1, -0.05) is 18.5 Å². The molecular weight excluding hydrogens is 336 g/mol. The van der Waals surface area contributed by atoms with Crippen molar-refractivity contribution in [1.29, 1.82) is 0 Å². The molecule has 0 saturated heterocycles. The standard InChI is InChI=1S/C16H17ClN2O3S/c1-4-11-7-13(23-10(11)3)16(21)22-9(2)15(20)19-14-6-5-12(17)8-18-14/h5-9H,4H2,1-3H3,(H,18,19,20)/t9-/m1/s1. The highest BCUT2D eigenvalue weighted by molar-refractivity contribution is 7.14. The van der Waals surface area contributed by atoms with Gasteiger partial charge in [-0.3, -0.25) is 4.79 Å². The number of aryl methyl sites for hydroxylation is 2. The second kappa shape index (κ2) is 7.57. The van der Waals surface area contributed by atoms with Gasteiger partial charge in [-0.05, 0) is 44.0 Å². The summed E-state index contributed by atoms with van der Waals surface area (Å²) >= 11 is 7.10. The summed E-state index contributed by atoms with van der Waals surface area (Å²) in [6.45, 7) is 5.51. The van der Waals surface area contributed by atoms with Crippen LogP contribution in [-0.2, 0) is 16.0 Å². The van der Waals surface area contributed by atoms with Gasteiger partial charge in [-0.2, -0.15) is 0 Å². The average Bonchev–Trinajstić information content (AvgIpc) is 2.90. The predicted molar refractivity (Wildman–Crippen MR) is 91.2 cm³/mol. The fourth-order valence-corrected chi connectivity index (χ4v) is 3.03. The Morgan fingerprint density at radius 3 is 2.74 bits per heavy atom. The van der Waals surface area contributed by atoms with E-state index in [1.807, 2.05) is 19.9 Å². The van der Waals surface area contributed by atoms with E-state index in [1.165, 1.54) is 24.5 Å². The lowest BCUT2D eigenvalue weighted by Crippen LogP contribution is -2.30. The number of rotatable bonds is 5. The van der Waals surface area contributed by atoms with Crippen molar-refractivity contribution in [2.24, 2.45) is 0 Å². The van der Waals surface area contributed by atoms with E-state index in [0.29, 0.717) is 15.7 Å². The van der Waals surface area contributed by atoms with Gasteiger partial charge in [0.2, 0.25) is 0 Å². The van der Waals surface area contributed by atoms with Gasteiger partial charge in [-0.25, -0.2) is 9.78 Å². The maximum absolute atomic E-state index is 12.1. The Bertz CT molecular complexity index is 713. The van der Waals surface area contributed by atoms with Gasteiger partial charge in [-0.15, -0.1) is 11.3 Å².